The molecule has 3 fully saturated rings. The highest BCUT2D eigenvalue weighted by atomic mass is 35.5. The summed E-state index contributed by atoms with van der Waals surface area (Å²) in [4.78, 5) is 31.5. The minimum Gasteiger partial charge on any atom is -0.376 e. The number of benzene rings is 1. The van der Waals surface area contributed by atoms with E-state index < -0.39 is 0 Å². The summed E-state index contributed by atoms with van der Waals surface area (Å²) in [6, 6.07) is 11.4. The van der Waals surface area contributed by atoms with Crippen molar-refractivity contribution >= 4 is 29.2 Å². The maximum absolute atomic E-state index is 13.0. The minimum absolute atomic E-state index is 0.00629. The van der Waals surface area contributed by atoms with Crippen molar-refractivity contribution in [2.45, 2.75) is 31.8 Å². The van der Waals surface area contributed by atoms with Crippen LogP contribution in [-0.4, -0.2) is 83.8 Å². The second-order valence-electron chi connectivity index (χ2n) is 9.25. The van der Waals surface area contributed by atoms with Crippen LogP contribution in [0.1, 0.15) is 25.7 Å². The van der Waals surface area contributed by atoms with E-state index in [1.54, 1.807) is 4.90 Å². The Balaban J connectivity index is 1.16. The van der Waals surface area contributed by atoms with E-state index in [1.807, 2.05) is 41.3 Å². The Kier molecular flexibility index (Phi) is 6.97. The molecule has 34 heavy (non-hydrogen) atoms. The molecule has 2 amide bonds. The van der Waals surface area contributed by atoms with E-state index in [0.29, 0.717) is 37.7 Å². The topological polar surface area (TPSA) is 78.9 Å². The third-order valence-electron chi connectivity index (χ3n) is 6.77. The fourth-order valence-corrected chi connectivity index (χ4v) is 4.84. The molecule has 1 aromatic heterocycles. The molecule has 180 valence electrons. The number of hydrogen-bond acceptors (Lipinski definition) is 6. The van der Waals surface area contributed by atoms with Crippen molar-refractivity contribution in [2.75, 3.05) is 50.8 Å². The molecule has 1 aromatic carbocycles. The van der Waals surface area contributed by atoms with Gasteiger partial charge < -0.3 is 19.4 Å². The summed E-state index contributed by atoms with van der Waals surface area (Å²) in [5.74, 6) is 0.994. The lowest BCUT2D eigenvalue weighted by Crippen LogP contribution is -2.53. The van der Waals surface area contributed by atoms with Crippen LogP contribution in [0.5, 0.6) is 0 Å². The third kappa shape index (κ3) is 5.33. The molecule has 2 saturated heterocycles. The fourth-order valence-electron chi connectivity index (χ4n) is 4.61. The first-order chi connectivity index (χ1) is 16.6. The summed E-state index contributed by atoms with van der Waals surface area (Å²) in [6.45, 7) is 3.95. The molecule has 1 atom stereocenters. The number of amides is 2. The Morgan fingerprint density at radius 1 is 1.03 bits per heavy atom. The number of carbonyl (C=O) groups excluding carboxylic acids is 2. The van der Waals surface area contributed by atoms with Crippen molar-refractivity contribution in [2.24, 2.45) is 5.92 Å². The van der Waals surface area contributed by atoms with E-state index >= 15 is 0 Å². The Morgan fingerprint density at radius 3 is 2.47 bits per heavy atom. The minimum atomic E-state index is 0.00629. The summed E-state index contributed by atoms with van der Waals surface area (Å²) in [7, 11) is 0. The Bertz CT molecular complexity index is 1020. The monoisotopic (exact) mass is 483 g/mol. The van der Waals surface area contributed by atoms with Crippen molar-refractivity contribution in [3.05, 3.63) is 41.4 Å². The normalized spacial score (nSPS) is 20.4. The van der Waals surface area contributed by atoms with E-state index in [-0.39, 0.29) is 30.4 Å². The highest BCUT2D eigenvalue weighted by Crippen LogP contribution is 2.31. The molecule has 0 radical (unpaired) electrons. The number of hydrogen-bond donors (Lipinski definition) is 0. The first-order valence-electron chi connectivity index (χ1n) is 12.1. The average molecular weight is 484 g/mol. The highest BCUT2D eigenvalue weighted by molar-refractivity contribution is 6.33. The predicted octanol–water partition coefficient (Wildman–Crippen LogP) is 2.86. The molecule has 3 aliphatic rings. The van der Waals surface area contributed by atoms with Gasteiger partial charge in [-0.3, -0.25) is 9.59 Å². The summed E-state index contributed by atoms with van der Waals surface area (Å²) < 4.78 is 5.72. The van der Waals surface area contributed by atoms with Crippen LogP contribution in [0.3, 0.4) is 0 Å². The van der Waals surface area contributed by atoms with Gasteiger partial charge in [0.15, 0.2) is 5.82 Å². The quantitative estimate of drug-likeness (QED) is 0.602. The van der Waals surface area contributed by atoms with E-state index in [2.05, 4.69) is 15.1 Å². The van der Waals surface area contributed by atoms with Crippen LogP contribution in [-0.2, 0) is 14.3 Å². The van der Waals surface area contributed by atoms with Crippen molar-refractivity contribution < 1.29 is 14.3 Å². The predicted molar refractivity (Wildman–Crippen MR) is 130 cm³/mol. The van der Waals surface area contributed by atoms with Crippen LogP contribution in [0.15, 0.2) is 36.4 Å². The third-order valence-corrected chi connectivity index (χ3v) is 7.10. The van der Waals surface area contributed by atoms with Crippen LogP contribution in [0.25, 0.3) is 11.3 Å². The number of rotatable bonds is 7. The van der Waals surface area contributed by atoms with Crippen LogP contribution < -0.4 is 4.90 Å². The fraction of sp³-hybridized carbons (Fsp3) is 0.520. The Morgan fingerprint density at radius 2 is 1.82 bits per heavy atom. The number of nitrogens with zero attached hydrogens (tertiary/aromatic N) is 5. The Hall–Kier alpha value is -2.71. The first kappa shape index (κ1) is 23.1. The lowest BCUT2D eigenvalue weighted by Gasteiger charge is -2.36. The molecule has 0 spiro atoms. The highest BCUT2D eigenvalue weighted by Gasteiger charge is 2.36. The maximum Gasteiger partial charge on any atom is 0.242 e. The molecule has 8 nitrogen and oxygen atoms in total. The standard InChI is InChI=1S/C25H30ClN5O3/c26-21-6-2-1-5-20(21)22-9-10-23(28-27-22)29-11-13-30(14-12-29)24(32)17-31(25(33)18-7-8-18)16-19-4-3-15-34-19/h1-2,5-6,9-10,18-19H,3-4,7-8,11-17H2/t19-/m0/s1. The molecule has 3 heterocycles. The van der Waals surface area contributed by atoms with Gasteiger partial charge in [-0.1, -0.05) is 29.8 Å². The summed E-state index contributed by atoms with van der Waals surface area (Å²) in [5.41, 5.74) is 1.58. The van der Waals surface area contributed by atoms with Gasteiger partial charge in [-0.2, -0.15) is 0 Å². The van der Waals surface area contributed by atoms with Crippen LogP contribution in [0.2, 0.25) is 5.02 Å². The van der Waals surface area contributed by atoms with Crippen LogP contribution in [0, 0.1) is 5.92 Å². The maximum atomic E-state index is 13.0. The first-order valence-corrected chi connectivity index (χ1v) is 12.5. The largest absolute Gasteiger partial charge is 0.376 e. The van der Waals surface area contributed by atoms with Gasteiger partial charge in [0.25, 0.3) is 0 Å². The number of ether oxygens (including phenoxy) is 1. The number of anilines is 1. The molecule has 1 aliphatic carbocycles. The van der Waals surface area contributed by atoms with Gasteiger partial charge in [-0.25, -0.2) is 0 Å². The molecule has 0 unspecified atom stereocenters. The van der Waals surface area contributed by atoms with Crippen LogP contribution >= 0.6 is 11.6 Å². The van der Waals surface area contributed by atoms with E-state index in [1.165, 1.54) is 0 Å². The SMILES string of the molecule is O=C(CN(C[C@@H]1CCCO1)C(=O)C1CC1)N1CCN(c2ccc(-c3ccccc3Cl)nn2)CC1. The van der Waals surface area contributed by atoms with Crippen molar-refractivity contribution in [1.82, 2.24) is 20.0 Å². The van der Waals surface area contributed by atoms with Crippen LogP contribution in [0.4, 0.5) is 5.82 Å². The Labute approximate surface area is 204 Å². The zero-order chi connectivity index (χ0) is 23.5. The van der Waals surface area contributed by atoms with Gasteiger partial charge in [0.2, 0.25) is 11.8 Å². The number of halogens is 1. The lowest BCUT2D eigenvalue weighted by atomic mass is 10.1. The number of carbonyl (C=O) groups is 2. The van der Waals surface area contributed by atoms with Gasteiger partial charge in [-0.05, 0) is 43.9 Å². The van der Waals surface area contributed by atoms with Gasteiger partial charge in [0, 0.05) is 50.8 Å². The van der Waals surface area contributed by atoms with Crippen molar-refractivity contribution in [3.8, 4) is 11.3 Å². The lowest BCUT2D eigenvalue weighted by molar-refractivity contribution is -0.142. The molecule has 2 aromatic rings. The smallest absolute Gasteiger partial charge is 0.242 e. The van der Waals surface area contributed by atoms with Gasteiger partial charge in [0.05, 0.1) is 23.4 Å². The van der Waals surface area contributed by atoms with Crippen molar-refractivity contribution in [3.63, 3.8) is 0 Å². The van der Waals surface area contributed by atoms with E-state index in [4.69, 9.17) is 16.3 Å². The molecular formula is C25H30ClN5O3. The molecule has 0 bridgehead atoms. The zero-order valence-electron chi connectivity index (χ0n) is 19.2. The molecule has 0 N–H and O–H groups in total. The summed E-state index contributed by atoms with van der Waals surface area (Å²) >= 11 is 6.27. The molecule has 5 rings (SSSR count). The second-order valence-corrected chi connectivity index (χ2v) is 9.66. The number of aromatic nitrogens is 2. The molecular weight excluding hydrogens is 454 g/mol. The van der Waals surface area contributed by atoms with Crippen molar-refractivity contribution in [1.29, 1.82) is 0 Å². The summed E-state index contributed by atoms with van der Waals surface area (Å²) in [6.07, 6.45) is 3.90. The molecule has 9 heteroatoms. The summed E-state index contributed by atoms with van der Waals surface area (Å²) in [5, 5.41) is 9.39. The molecule has 2 aliphatic heterocycles. The van der Waals surface area contributed by atoms with Gasteiger partial charge in [-0.15, -0.1) is 10.2 Å². The van der Waals surface area contributed by atoms with Gasteiger partial charge in [0.1, 0.15) is 0 Å². The zero-order valence-corrected chi connectivity index (χ0v) is 20.0. The number of piperazine rings is 1. The second kappa shape index (κ2) is 10.3. The van der Waals surface area contributed by atoms with E-state index in [0.717, 1.165) is 49.4 Å². The average Bonchev–Trinajstić information content (AvgIpc) is 3.60. The van der Waals surface area contributed by atoms with E-state index in [9.17, 15) is 9.59 Å². The van der Waals surface area contributed by atoms with Gasteiger partial charge >= 0.3 is 0 Å². The molecule has 1 saturated carbocycles.